The van der Waals surface area contributed by atoms with Gasteiger partial charge in [-0.25, -0.2) is 4.98 Å². The van der Waals surface area contributed by atoms with Crippen LogP contribution in [0.25, 0.3) is 15.9 Å². The predicted molar refractivity (Wildman–Crippen MR) is 124 cm³/mol. The number of nitrogens with one attached hydrogen (secondary N) is 1. The summed E-state index contributed by atoms with van der Waals surface area (Å²) in [7, 11) is 1.78. The zero-order chi connectivity index (χ0) is 21.5. The molecular formula is C22H21N5O2S2. The van der Waals surface area contributed by atoms with E-state index in [9.17, 15) is 9.59 Å². The van der Waals surface area contributed by atoms with Crippen molar-refractivity contribution in [1.82, 2.24) is 19.3 Å². The molecule has 3 aromatic heterocycles. The molecule has 7 nitrogen and oxygen atoms in total. The van der Waals surface area contributed by atoms with Gasteiger partial charge in [0.1, 0.15) is 10.6 Å². The Labute approximate surface area is 187 Å². The number of para-hydroxylation sites is 1. The number of amides is 1. The number of aryl methyl sites for hydroxylation is 2. The smallest absolute Gasteiger partial charge is 0.267 e. The third-order valence-corrected chi connectivity index (χ3v) is 7.07. The van der Waals surface area contributed by atoms with Crippen LogP contribution >= 0.6 is 23.1 Å². The summed E-state index contributed by atoms with van der Waals surface area (Å²) in [5.74, 6) is 1.07. The Balaban J connectivity index is 1.49. The topological polar surface area (TPSA) is 81.8 Å². The first-order valence-electron chi connectivity index (χ1n) is 10.0. The normalized spacial score (nSPS) is 13.6. The fourth-order valence-electron chi connectivity index (χ4n) is 3.63. The summed E-state index contributed by atoms with van der Waals surface area (Å²) in [5.41, 5.74) is 2.63. The summed E-state index contributed by atoms with van der Waals surface area (Å²) < 4.78 is 3.26. The summed E-state index contributed by atoms with van der Waals surface area (Å²) >= 11 is 2.77. The number of benzene rings is 1. The van der Waals surface area contributed by atoms with Crippen molar-refractivity contribution in [2.75, 3.05) is 11.1 Å². The molecule has 1 N–H and O–H groups in total. The largest absolute Gasteiger partial charge is 0.310 e. The number of fused-ring (bicyclic) bond motifs is 1. The highest BCUT2D eigenvalue weighted by atomic mass is 32.2. The average Bonchev–Trinajstić information content (AvgIpc) is 3.43. The van der Waals surface area contributed by atoms with Gasteiger partial charge < -0.3 is 5.32 Å². The van der Waals surface area contributed by atoms with Crippen molar-refractivity contribution in [2.45, 2.75) is 30.8 Å². The first-order chi connectivity index (χ1) is 15.0. The second kappa shape index (κ2) is 7.97. The first kappa shape index (κ1) is 20.0. The van der Waals surface area contributed by atoms with E-state index in [0.29, 0.717) is 16.9 Å². The number of thioether (sulfide) groups is 1. The van der Waals surface area contributed by atoms with Gasteiger partial charge in [0.25, 0.3) is 5.56 Å². The second-order valence-electron chi connectivity index (χ2n) is 7.65. The Morgan fingerprint density at radius 3 is 2.74 bits per heavy atom. The molecule has 1 aromatic carbocycles. The molecule has 9 heteroatoms. The van der Waals surface area contributed by atoms with Crippen LogP contribution in [0, 0.1) is 6.92 Å². The molecule has 0 saturated heterocycles. The summed E-state index contributed by atoms with van der Waals surface area (Å²) in [6.45, 7) is 1.87. The molecular weight excluding hydrogens is 430 g/mol. The van der Waals surface area contributed by atoms with Crippen LogP contribution in [0.15, 0.2) is 51.7 Å². The SMILES string of the molecule is Cc1cc(NC(=O)CSc2nc3scc(C4CC4)c3c(=O)n2-c2ccccc2)n(C)n1. The Bertz CT molecular complexity index is 1340. The maximum atomic E-state index is 13.6. The van der Waals surface area contributed by atoms with E-state index in [1.807, 2.05) is 43.3 Å². The summed E-state index contributed by atoms with van der Waals surface area (Å²) in [5, 5.41) is 10.4. The molecule has 3 heterocycles. The van der Waals surface area contributed by atoms with Crippen molar-refractivity contribution in [3.63, 3.8) is 0 Å². The van der Waals surface area contributed by atoms with E-state index in [1.165, 1.54) is 23.1 Å². The fraction of sp³-hybridized carbons (Fsp3) is 0.273. The minimum atomic E-state index is -0.174. The molecule has 0 spiro atoms. The van der Waals surface area contributed by atoms with Crippen LogP contribution in [0.5, 0.6) is 0 Å². The Morgan fingerprint density at radius 1 is 1.29 bits per heavy atom. The van der Waals surface area contributed by atoms with Crippen molar-refractivity contribution in [1.29, 1.82) is 0 Å². The van der Waals surface area contributed by atoms with E-state index < -0.39 is 0 Å². The zero-order valence-electron chi connectivity index (χ0n) is 17.2. The maximum absolute atomic E-state index is 13.6. The second-order valence-corrected chi connectivity index (χ2v) is 9.45. The number of aromatic nitrogens is 4. The maximum Gasteiger partial charge on any atom is 0.267 e. The van der Waals surface area contributed by atoms with Gasteiger partial charge >= 0.3 is 0 Å². The summed E-state index contributed by atoms with van der Waals surface area (Å²) in [6.07, 6.45) is 2.25. The van der Waals surface area contributed by atoms with Crippen LogP contribution in [0.2, 0.25) is 0 Å². The van der Waals surface area contributed by atoms with Crippen LogP contribution in [0.1, 0.15) is 30.0 Å². The Morgan fingerprint density at radius 2 is 2.06 bits per heavy atom. The molecule has 0 atom stereocenters. The number of anilines is 1. The third-order valence-electron chi connectivity index (χ3n) is 5.24. The van der Waals surface area contributed by atoms with Crippen LogP contribution in [-0.4, -0.2) is 31.0 Å². The third kappa shape index (κ3) is 3.90. The Kier molecular flexibility index (Phi) is 5.15. The molecule has 0 bridgehead atoms. The van der Waals surface area contributed by atoms with Gasteiger partial charge in [-0.3, -0.25) is 18.8 Å². The van der Waals surface area contributed by atoms with Gasteiger partial charge in [-0.15, -0.1) is 11.3 Å². The molecule has 1 saturated carbocycles. The van der Waals surface area contributed by atoms with Crippen LogP contribution in [0.4, 0.5) is 5.82 Å². The minimum absolute atomic E-state index is 0.0653. The fourth-order valence-corrected chi connectivity index (χ4v) is 5.50. The van der Waals surface area contributed by atoms with E-state index in [1.54, 1.807) is 16.3 Å². The lowest BCUT2D eigenvalue weighted by molar-refractivity contribution is -0.113. The average molecular weight is 452 g/mol. The number of carbonyl (C=O) groups is 1. The van der Waals surface area contributed by atoms with E-state index in [2.05, 4.69) is 15.8 Å². The van der Waals surface area contributed by atoms with Gasteiger partial charge in [0.15, 0.2) is 5.16 Å². The molecule has 0 aliphatic heterocycles. The van der Waals surface area contributed by atoms with E-state index >= 15 is 0 Å². The molecule has 4 aromatic rings. The van der Waals surface area contributed by atoms with E-state index in [0.717, 1.165) is 40.0 Å². The molecule has 1 fully saturated rings. The molecule has 1 amide bonds. The minimum Gasteiger partial charge on any atom is -0.310 e. The van der Waals surface area contributed by atoms with Gasteiger partial charge in [0, 0.05) is 13.1 Å². The lowest BCUT2D eigenvalue weighted by Gasteiger charge is -2.12. The van der Waals surface area contributed by atoms with Crippen molar-refractivity contribution in [2.24, 2.45) is 7.05 Å². The summed E-state index contributed by atoms with van der Waals surface area (Å²) in [4.78, 5) is 31.6. The monoisotopic (exact) mass is 451 g/mol. The van der Waals surface area contributed by atoms with Crippen molar-refractivity contribution >= 4 is 45.0 Å². The highest BCUT2D eigenvalue weighted by molar-refractivity contribution is 7.99. The Hall–Kier alpha value is -2.91. The lowest BCUT2D eigenvalue weighted by Crippen LogP contribution is -2.23. The molecule has 1 aliphatic rings. The van der Waals surface area contributed by atoms with Crippen LogP contribution in [-0.2, 0) is 11.8 Å². The highest BCUT2D eigenvalue weighted by Crippen LogP contribution is 2.44. The van der Waals surface area contributed by atoms with Gasteiger partial charge in [-0.1, -0.05) is 30.0 Å². The molecule has 5 rings (SSSR count). The molecule has 158 valence electrons. The van der Waals surface area contributed by atoms with Crippen LogP contribution in [0.3, 0.4) is 0 Å². The van der Waals surface area contributed by atoms with Gasteiger partial charge in [0.05, 0.1) is 22.5 Å². The number of hydrogen-bond donors (Lipinski definition) is 1. The number of nitrogens with zero attached hydrogens (tertiary/aromatic N) is 4. The first-order valence-corrected chi connectivity index (χ1v) is 11.9. The quantitative estimate of drug-likeness (QED) is 0.353. The zero-order valence-corrected chi connectivity index (χ0v) is 18.8. The summed E-state index contributed by atoms with van der Waals surface area (Å²) in [6, 6.07) is 11.3. The molecule has 1 aliphatic carbocycles. The van der Waals surface area contributed by atoms with E-state index in [4.69, 9.17) is 4.98 Å². The highest BCUT2D eigenvalue weighted by Gasteiger charge is 2.29. The van der Waals surface area contributed by atoms with Gasteiger partial charge in [-0.05, 0) is 48.8 Å². The number of rotatable bonds is 6. The molecule has 0 unspecified atom stereocenters. The molecule has 31 heavy (non-hydrogen) atoms. The predicted octanol–water partition coefficient (Wildman–Crippen LogP) is 4.10. The van der Waals surface area contributed by atoms with E-state index in [-0.39, 0.29) is 17.2 Å². The van der Waals surface area contributed by atoms with Crippen molar-refractivity contribution < 1.29 is 4.79 Å². The number of carbonyl (C=O) groups excluding carboxylic acids is 1. The number of thiophene rings is 1. The van der Waals surface area contributed by atoms with Crippen molar-refractivity contribution in [3.8, 4) is 5.69 Å². The lowest BCUT2D eigenvalue weighted by atomic mass is 10.1. The standard InChI is InChI=1S/C22H21N5O2S2/c1-13-10-17(26(2)25-13)23-18(28)12-31-22-24-20-19(16(11-30-20)14-8-9-14)21(29)27(22)15-6-4-3-5-7-15/h3-7,10-11,14H,8-9,12H2,1-2H3,(H,23,28). The van der Waals surface area contributed by atoms with Gasteiger partial charge in [-0.2, -0.15) is 5.10 Å². The number of hydrogen-bond acceptors (Lipinski definition) is 6. The molecule has 0 radical (unpaired) electrons. The van der Waals surface area contributed by atoms with Crippen molar-refractivity contribution in [3.05, 3.63) is 63.4 Å². The van der Waals surface area contributed by atoms with Crippen LogP contribution < -0.4 is 10.9 Å². The van der Waals surface area contributed by atoms with Gasteiger partial charge in [0.2, 0.25) is 5.91 Å².